The summed E-state index contributed by atoms with van der Waals surface area (Å²) in [5.41, 5.74) is 3.44. The number of rotatable bonds is 10. The highest BCUT2D eigenvalue weighted by Gasteiger charge is 2.41. The zero-order chi connectivity index (χ0) is 27.3. The number of fused-ring (bicyclic) bond motifs is 1. The molecule has 1 unspecified atom stereocenters. The molecule has 1 aliphatic rings. The molecule has 1 N–H and O–H groups in total. The number of ether oxygens (including phenoxy) is 1. The third kappa shape index (κ3) is 7.69. The van der Waals surface area contributed by atoms with Gasteiger partial charge in [-0.2, -0.15) is 0 Å². The van der Waals surface area contributed by atoms with E-state index in [2.05, 4.69) is 110 Å². The standard InChI is InChI=1S/C32H42INO3Si/c1-32(2,3)38(4,5)37-30(31(35)25-14-10-7-11-15-25)23-34(21-24-12-8-6-9-13-24)22-28-18-16-26-20-27(33)17-19-29(26)36-28/h6-15,17,19-20,28,30-31,35H,16,18,21-23H2,1-5H3/t28-,30+,31?/m1/s1. The number of benzene rings is 3. The average molecular weight is 644 g/mol. The van der Waals surface area contributed by atoms with Crippen molar-refractivity contribution in [1.29, 1.82) is 0 Å². The molecule has 4 rings (SSSR count). The van der Waals surface area contributed by atoms with Crippen LogP contribution < -0.4 is 4.74 Å². The van der Waals surface area contributed by atoms with E-state index in [0.717, 1.165) is 37.2 Å². The summed E-state index contributed by atoms with van der Waals surface area (Å²) in [5, 5.41) is 11.7. The molecule has 0 amide bonds. The molecule has 0 radical (unpaired) electrons. The highest BCUT2D eigenvalue weighted by Crippen LogP contribution is 2.39. The zero-order valence-electron chi connectivity index (χ0n) is 23.4. The maximum Gasteiger partial charge on any atom is 0.192 e. The first-order valence-corrected chi connectivity index (χ1v) is 17.6. The molecule has 0 aromatic heterocycles. The Morgan fingerprint density at radius 1 is 1.03 bits per heavy atom. The van der Waals surface area contributed by atoms with E-state index in [1.165, 1.54) is 14.7 Å². The van der Waals surface area contributed by atoms with Crippen LogP contribution in [0.1, 0.15) is 50.0 Å². The Hall–Kier alpha value is -1.71. The monoisotopic (exact) mass is 643 g/mol. The van der Waals surface area contributed by atoms with Crippen LogP contribution in [0, 0.1) is 3.57 Å². The molecule has 3 atom stereocenters. The van der Waals surface area contributed by atoms with Gasteiger partial charge in [-0.25, -0.2) is 0 Å². The van der Waals surface area contributed by atoms with Gasteiger partial charge in [0.2, 0.25) is 0 Å². The van der Waals surface area contributed by atoms with Crippen molar-refractivity contribution in [3.05, 3.63) is 99.1 Å². The molecule has 3 aromatic rings. The van der Waals surface area contributed by atoms with Crippen molar-refractivity contribution < 1.29 is 14.3 Å². The lowest BCUT2D eigenvalue weighted by molar-refractivity contribution is -0.00574. The average Bonchev–Trinajstić information content (AvgIpc) is 2.88. The minimum atomic E-state index is -2.15. The van der Waals surface area contributed by atoms with Crippen molar-refractivity contribution in [2.24, 2.45) is 0 Å². The Morgan fingerprint density at radius 2 is 1.68 bits per heavy atom. The van der Waals surface area contributed by atoms with E-state index in [1.807, 2.05) is 30.3 Å². The number of aliphatic hydroxyl groups is 1. The molecule has 204 valence electrons. The largest absolute Gasteiger partial charge is 0.489 e. The Kier molecular flexibility index (Phi) is 9.74. The highest BCUT2D eigenvalue weighted by atomic mass is 127. The van der Waals surface area contributed by atoms with Crippen LogP contribution in [0.4, 0.5) is 0 Å². The van der Waals surface area contributed by atoms with Crippen LogP contribution in [0.3, 0.4) is 0 Å². The van der Waals surface area contributed by atoms with Crippen LogP contribution >= 0.6 is 22.6 Å². The summed E-state index contributed by atoms with van der Waals surface area (Å²) in [6.07, 6.45) is 1.03. The molecular weight excluding hydrogens is 601 g/mol. The minimum Gasteiger partial charge on any atom is -0.489 e. The Bertz CT molecular complexity index is 1170. The number of aliphatic hydroxyl groups excluding tert-OH is 1. The Balaban J connectivity index is 1.59. The third-order valence-corrected chi connectivity index (χ3v) is 13.1. The molecule has 0 aliphatic carbocycles. The van der Waals surface area contributed by atoms with Gasteiger partial charge in [0.1, 0.15) is 18.0 Å². The fraction of sp³-hybridized carbons (Fsp3) is 0.438. The van der Waals surface area contributed by atoms with Crippen LogP contribution in [0.25, 0.3) is 0 Å². The van der Waals surface area contributed by atoms with Gasteiger partial charge >= 0.3 is 0 Å². The first-order valence-electron chi connectivity index (χ1n) is 13.6. The summed E-state index contributed by atoms with van der Waals surface area (Å²) < 4.78 is 14.7. The summed E-state index contributed by atoms with van der Waals surface area (Å²) >= 11 is 2.37. The number of hydrogen-bond acceptors (Lipinski definition) is 4. The normalized spacial score (nSPS) is 17.5. The fourth-order valence-corrected chi connectivity index (χ4v) is 6.62. The first-order chi connectivity index (χ1) is 18.0. The van der Waals surface area contributed by atoms with Gasteiger partial charge in [-0.05, 0) is 88.5 Å². The van der Waals surface area contributed by atoms with E-state index in [1.54, 1.807) is 0 Å². The lowest BCUT2D eigenvalue weighted by atomic mass is 10.0. The van der Waals surface area contributed by atoms with Crippen molar-refractivity contribution in [2.45, 2.75) is 76.6 Å². The highest BCUT2D eigenvalue weighted by molar-refractivity contribution is 14.1. The fourth-order valence-electron chi connectivity index (χ4n) is 4.75. The molecule has 1 heterocycles. The molecule has 3 aromatic carbocycles. The minimum absolute atomic E-state index is 0.0413. The van der Waals surface area contributed by atoms with E-state index in [0.29, 0.717) is 6.54 Å². The molecular formula is C32H42INO3Si. The van der Waals surface area contributed by atoms with Gasteiger partial charge in [0.25, 0.3) is 0 Å². The van der Waals surface area contributed by atoms with E-state index in [4.69, 9.17) is 9.16 Å². The van der Waals surface area contributed by atoms with E-state index < -0.39 is 14.4 Å². The maximum absolute atomic E-state index is 11.6. The molecule has 0 spiro atoms. The molecule has 4 nitrogen and oxygen atoms in total. The second-order valence-electron chi connectivity index (χ2n) is 12.0. The molecule has 0 bridgehead atoms. The molecule has 0 saturated carbocycles. The lowest BCUT2D eigenvalue weighted by Gasteiger charge is -2.42. The summed E-state index contributed by atoms with van der Waals surface area (Å²) in [5.74, 6) is 1.000. The molecule has 6 heteroatoms. The number of halogens is 1. The summed E-state index contributed by atoms with van der Waals surface area (Å²) in [4.78, 5) is 2.42. The number of aryl methyl sites for hydroxylation is 1. The van der Waals surface area contributed by atoms with Gasteiger partial charge in [-0.15, -0.1) is 0 Å². The Labute approximate surface area is 243 Å². The SMILES string of the molecule is CC(C)(C)[Si](C)(C)O[C@@H](CN(Cc1ccccc1)C[C@H]1CCc2cc(I)ccc2O1)C(O)c1ccccc1. The van der Waals surface area contributed by atoms with Gasteiger partial charge in [0, 0.05) is 23.2 Å². The van der Waals surface area contributed by atoms with Gasteiger partial charge in [0.05, 0.1) is 6.10 Å². The summed E-state index contributed by atoms with van der Waals surface area (Å²) in [6.45, 7) is 13.5. The predicted molar refractivity (Wildman–Crippen MR) is 167 cm³/mol. The van der Waals surface area contributed by atoms with Crippen LogP contribution in [0.15, 0.2) is 78.9 Å². The van der Waals surface area contributed by atoms with Gasteiger partial charge < -0.3 is 14.3 Å². The topological polar surface area (TPSA) is 41.9 Å². The van der Waals surface area contributed by atoms with Crippen LogP contribution in [-0.4, -0.2) is 43.6 Å². The smallest absolute Gasteiger partial charge is 0.192 e. The van der Waals surface area contributed by atoms with Crippen molar-refractivity contribution in [3.8, 4) is 5.75 Å². The second kappa shape index (κ2) is 12.6. The van der Waals surface area contributed by atoms with Gasteiger partial charge in [0.15, 0.2) is 8.32 Å². The Morgan fingerprint density at radius 3 is 2.34 bits per heavy atom. The van der Waals surface area contributed by atoms with E-state index >= 15 is 0 Å². The van der Waals surface area contributed by atoms with Gasteiger partial charge in [-0.3, -0.25) is 4.90 Å². The van der Waals surface area contributed by atoms with E-state index in [9.17, 15) is 5.11 Å². The van der Waals surface area contributed by atoms with Crippen molar-refractivity contribution in [3.63, 3.8) is 0 Å². The summed E-state index contributed by atoms with van der Waals surface area (Å²) in [6, 6.07) is 27.0. The van der Waals surface area contributed by atoms with Crippen LogP contribution in [0.5, 0.6) is 5.75 Å². The lowest BCUT2D eigenvalue weighted by Crippen LogP contribution is -2.50. The molecule has 38 heavy (non-hydrogen) atoms. The van der Waals surface area contributed by atoms with Crippen LogP contribution in [-0.2, 0) is 17.4 Å². The molecule has 0 fully saturated rings. The number of nitrogens with zero attached hydrogens (tertiary/aromatic N) is 1. The van der Waals surface area contributed by atoms with Crippen molar-refractivity contribution in [1.82, 2.24) is 4.90 Å². The third-order valence-electron chi connectivity index (χ3n) is 7.95. The summed E-state index contributed by atoms with van der Waals surface area (Å²) in [7, 11) is -2.15. The van der Waals surface area contributed by atoms with E-state index in [-0.39, 0.29) is 17.2 Å². The van der Waals surface area contributed by atoms with Crippen molar-refractivity contribution in [2.75, 3.05) is 13.1 Å². The zero-order valence-corrected chi connectivity index (χ0v) is 26.5. The van der Waals surface area contributed by atoms with Gasteiger partial charge in [-0.1, -0.05) is 81.4 Å². The van der Waals surface area contributed by atoms with Crippen LogP contribution in [0.2, 0.25) is 18.1 Å². The quantitative estimate of drug-likeness (QED) is 0.183. The first kappa shape index (κ1) is 29.3. The second-order valence-corrected chi connectivity index (χ2v) is 18.0. The predicted octanol–water partition coefficient (Wildman–Crippen LogP) is 7.61. The molecule has 0 saturated heterocycles. The maximum atomic E-state index is 11.6. The number of hydrogen-bond donors (Lipinski definition) is 1. The molecule has 1 aliphatic heterocycles. The van der Waals surface area contributed by atoms with Crippen molar-refractivity contribution >= 4 is 30.9 Å².